The minimum absolute atomic E-state index is 0.277. The zero-order valence-electron chi connectivity index (χ0n) is 13.8. The summed E-state index contributed by atoms with van der Waals surface area (Å²) in [5, 5.41) is 9.24. The third-order valence-corrected chi connectivity index (χ3v) is 5.77. The number of rotatable bonds is 4. The third kappa shape index (κ3) is 3.26. The number of fused-ring (bicyclic) bond motifs is 1. The van der Waals surface area contributed by atoms with E-state index in [9.17, 15) is 0 Å². The van der Waals surface area contributed by atoms with E-state index < -0.39 is 0 Å². The van der Waals surface area contributed by atoms with Crippen molar-refractivity contribution >= 4 is 27.7 Å². The fourth-order valence-electron chi connectivity index (χ4n) is 2.68. The Morgan fingerprint density at radius 3 is 2.80 bits per heavy atom. The molecule has 0 saturated carbocycles. The van der Waals surface area contributed by atoms with Gasteiger partial charge in [-0.15, -0.1) is 10.2 Å². The van der Waals surface area contributed by atoms with Gasteiger partial charge in [0.25, 0.3) is 0 Å². The molecule has 5 nitrogen and oxygen atoms in total. The van der Waals surface area contributed by atoms with Gasteiger partial charge in [0.15, 0.2) is 16.7 Å². The van der Waals surface area contributed by atoms with Crippen LogP contribution in [-0.4, -0.2) is 21.6 Å². The van der Waals surface area contributed by atoms with E-state index in [1.807, 2.05) is 16.7 Å². The van der Waals surface area contributed by atoms with Crippen molar-refractivity contribution in [1.82, 2.24) is 14.8 Å². The molecule has 0 N–H and O–H groups in total. The van der Waals surface area contributed by atoms with Crippen LogP contribution in [0.4, 0.5) is 0 Å². The van der Waals surface area contributed by atoms with E-state index in [1.165, 1.54) is 11.1 Å². The molecule has 2 aromatic carbocycles. The lowest BCUT2D eigenvalue weighted by atomic mass is 10.1. The van der Waals surface area contributed by atoms with Crippen molar-refractivity contribution in [3.05, 3.63) is 57.8 Å². The zero-order valence-corrected chi connectivity index (χ0v) is 16.2. The van der Waals surface area contributed by atoms with Crippen molar-refractivity contribution in [2.75, 3.05) is 6.79 Å². The lowest BCUT2D eigenvalue weighted by Crippen LogP contribution is -1.99. The van der Waals surface area contributed by atoms with Crippen LogP contribution in [0.15, 0.2) is 46.3 Å². The van der Waals surface area contributed by atoms with Gasteiger partial charge in [0.05, 0.1) is 5.69 Å². The Morgan fingerprint density at radius 2 is 1.96 bits per heavy atom. The van der Waals surface area contributed by atoms with Gasteiger partial charge in [-0.3, -0.25) is 4.57 Å². The van der Waals surface area contributed by atoms with E-state index >= 15 is 0 Å². The average Bonchev–Trinajstić information content (AvgIpc) is 3.23. The molecule has 4 rings (SSSR count). The van der Waals surface area contributed by atoms with E-state index in [4.69, 9.17) is 9.47 Å². The van der Waals surface area contributed by atoms with Gasteiger partial charge in [-0.05, 0) is 48.7 Å². The van der Waals surface area contributed by atoms with Gasteiger partial charge in [0.1, 0.15) is 6.33 Å². The van der Waals surface area contributed by atoms with E-state index in [1.54, 1.807) is 18.1 Å². The number of aryl methyl sites for hydroxylation is 2. The summed E-state index contributed by atoms with van der Waals surface area (Å²) >= 11 is 5.25. The van der Waals surface area contributed by atoms with Crippen LogP contribution in [0, 0.1) is 13.8 Å². The molecule has 7 heteroatoms. The minimum atomic E-state index is 0.277. The highest BCUT2D eigenvalue weighted by molar-refractivity contribution is 9.10. The fourth-order valence-corrected chi connectivity index (χ4v) is 4.24. The van der Waals surface area contributed by atoms with Crippen LogP contribution in [0.3, 0.4) is 0 Å². The summed E-state index contributed by atoms with van der Waals surface area (Å²) in [4.78, 5) is 0. The summed E-state index contributed by atoms with van der Waals surface area (Å²) < 4.78 is 13.9. The predicted molar refractivity (Wildman–Crippen MR) is 101 cm³/mol. The minimum Gasteiger partial charge on any atom is -0.454 e. The van der Waals surface area contributed by atoms with Crippen molar-refractivity contribution in [2.24, 2.45) is 0 Å². The van der Waals surface area contributed by atoms with Gasteiger partial charge >= 0.3 is 0 Å². The molecular formula is C18H16BrN3O2S. The number of aromatic nitrogens is 3. The summed E-state index contributed by atoms with van der Waals surface area (Å²) in [6.07, 6.45) is 1.76. The highest BCUT2D eigenvalue weighted by atomic mass is 79.9. The van der Waals surface area contributed by atoms with Crippen LogP contribution < -0.4 is 9.47 Å². The number of ether oxygens (including phenoxy) is 2. The molecule has 25 heavy (non-hydrogen) atoms. The summed E-state index contributed by atoms with van der Waals surface area (Å²) in [6.45, 7) is 4.46. The van der Waals surface area contributed by atoms with Crippen molar-refractivity contribution in [3.63, 3.8) is 0 Å². The maximum Gasteiger partial charge on any atom is 0.231 e. The quantitative estimate of drug-likeness (QED) is 0.577. The second-order valence-corrected chi connectivity index (χ2v) is 7.66. The SMILES string of the molecule is Cc1ccc(C)c(-n2cnnc2SCc2cc3c(cc2Br)OCO3)c1. The maximum absolute atomic E-state index is 5.47. The molecule has 1 aromatic heterocycles. The van der Waals surface area contributed by atoms with Crippen LogP contribution in [0.2, 0.25) is 0 Å². The predicted octanol–water partition coefficient (Wildman–Crippen LogP) is 4.67. The Bertz CT molecular complexity index is 942. The molecule has 0 unspecified atom stereocenters. The van der Waals surface area contributed by atoms with Crippen LogP contribution in [0.1, 0.15) is 16.7 Å². The molecule has 2 heterocycles. The Labute approximate surface area is 158 Å². The third-order valence-electron chi connectivity index (χ3n) is 4.04. The molecule has 0 atom stereocenters. The first-order valence-corrected chi connectivity index (χ1v) is 9.58. The molecule has 0 radical (unpaired) electrons. The Balaban J connectivity index is 1.59. The van der Waals surface area contributed by atoms with Crippen molar-refractivity contribution < 1.29 is 9.47 Å². The van der Waals surface area contributed by atoms with Crippen molar-refractivity contribution in [2.45, 2.75) is 24.8 Å². The molecule has 0 amide bonds. The highest BCUT2D eigenvalue weighted by Crippen LogP contribution is 2.39. The molecule has 1 aliphatic heterocycles. The molecule has 1 aliphatic rings. The van der Waals surface area contributed by atoms with E-state index in [0.29, 0.717) is 0 Å². The van der Waals surface area contributed by atoms with E-state index in [0.717, 1.165) is 38.1 Å². The summed E-state index contributed by atoms with van der Waals surface area (Å²) in [7, 11) is 0. The van der Waals surface area contributed by atoms with Gasteiger partial charge < -0.3 is 9.47 Å². The molecule has 3 aromatic rings. The Morgan fingerprint density at radius 1 is 1.16 bits per heavy atom. The molecule has 0 saturated heterocycles. The standard InChI is InChI=1S/C18H16BrN3O2S/c1-11-3-4-12(2)15(5-11)22-9-20-21-18(22)25-8-13-6-16-17(7-14(13)19)24-10-23-16/h3-7,9H,8,10H2,1-2H3. The number of thioether (sulfide) groups is 1. The second-order valence-electron chi connectivity index (χ2n) is 5.86. The van der Waals surface area contributed by atoms with E-state index in [-0.39, 0.29) is 6.79 Å². The number of halogens is 1. The lowest BCUT2D eigenvalue weighted by Gasteiger charge is -2.11. The Hall–Kier alpha value is -1.99. The van der Waals surface area contributed by atoms with Crippen LogP contribution in [-0.2, 0) is 5.75 Å². The number of hydrogen-bond acceptors (Lipinski definition) is 5. The van der Waals surface area contributed by atoms with Crippen molar-refractivity contribution in [1.29, 1.82) is 0 Å². The number of hydrogen-bond donors (Lipinski definition) is 0. The molecule has 0 spiro atoms. The molecule has 0 bridgehead atoms. The lowest BCUT2D eigenvalue weighted by molar-refractivity contribution is 0.174. The molecule has 0 aliphatic carbocycles. The zero-order chi connectivity index (χ0) is 17.4. The molecule has 0 fully saturated rings. The number of benzene rings is 2. The van der Waals surface area contributed by atoms with Crippen LogP contribution >= 0.6 is 27.7 Å². The summed E-state index contributed by atoms with van der Waals surface area (Å²) in [5.74, 6) is 2.31. The Kier molecular flexibility index (Phi) is 4.43. The van der Waals surface area contributed by atoms with Crippen LogP contribution in [0.25, 0.3) is 5.69 Å². The second kappa shape index (κ2) is 6.72. The first kappa shape index (κ1) is 16.5. The number of nitrogens with zero attached hydrogens (tertiary/aromatic N) is 3. The average molecular weight is 418 g/mol. The van der Waals surface area contributed by atoms with Gasteiger partial charge in [-0.1, -0.05) is 39.8 Å². The molecule has 128 valence electrons. The van der Waals surface area contributed by atoms with Gasteiger partial charge in [-0.2, -0.15) is 0 Å². The van der Waals surface area contributed by atoms with Crippen LogP contribution in [0.5, 0.6) is 11.5 Å². The first-order valence-electron chi connectivity index (χ1n) is 7.80. The molecular weight excluding hydrogens is 402 g/mol. The van der Waals surface area contributed by atoms with Gasteiger partial charge in [0, 0.05) is 10.2 Å². The van der Waals surface area contributed by atoms with E-state index in [2.05, 4.69) is 58.2 Å². The van der Waals surface area contributed by atoms with Crippen molar-refractivity contribution in [3.8, 4) is 17.2 Å². The van der Waals surface area contributed by atoms with Gasteiger partial charge in [0.2, 0.25) is 6.79 Å². The smallest absolute Gasteiger partial charge is 0.231 e. The largest absolute Gasteiger partial charge is 0.454 e. The summed E-state index contributed by atoms with van der Waals surface area (Å²) in [5.41, 5.74) is 4.64. The van der Waals surface area contributed by atoms with Gasteiger partial charge in [-0.25, -0.2) is 0 Å². The monoisotopic (exact) mass is 417 g/mol. The summed E-state index contributed by atoms with van der Waals surface area (Å²) in [6, 6.07) is 10.3. The normalized spacial score (nSPS) is 12.6. The first-order chi connectivity index (χ1) is 12.1. The fraction of sp³-hybridized carbons (Fsp3) is 0.222. The maximum atomic E-state index is 5.47. The highest BCUT2D eigenvalue weighted by Gasteiger charge is 2.17. The topological polar surface area (TPSA) is 49.2 Å².